The van der Waals surface area contributed by atoms with Crippen LogP contribution in [0.5, 0.6) is 0 Å². The number of benzene rings is 1. The highest BCUT2D eigenvalue weighted by Crippen LogP contribution is 2.31. The lowest BCUT2D eigenvalue weighted by Crippen LogP contribution is -2.22. The Kier molecular flexibility index (Phi) is 4.35. The molecule has 21 heavy (non-hydrogen) atoms. The standard InChI is InChI=1S/C15H20N4O2/c1-15(2,3)10-12(9-13(20)21)19-14(16-17-18-19)11-7-5-4-6-8-11/h4-8,12H,9-10H2,1-3H3,(H,20,21). The number of aliphatic carboxylic acids is 1. The van der Waals surface area contributed by atoms with E-state index in [2.05, 4.69) is 36.3 Å². The van der Waals surface area contributed by atoms with Crippen molar-refractivity contribution < 1.29 is 9.90 Å². The Morgan fingerprint density at radius 1 is 1.29 bits per heavy atom. The van der Waals surface area contributed by atoms with E-state index in [4.69, 9.17) is 5.11 Å². The number of hydrogen-bond acceptors (Lipinski definition) is 4. The number of nitrogens with zero attached hydrogens (tertiary/aromatic N) is 4. The lowest BCUT2D eigenvalue weighted by atomic mass is 9.87. The molecule has 0 saturated heterocycles. The minimum absolute atomic E-state index is 0.00213. The molecule has 112 valence electrons. The molecule has 2 aromatic rings. The Hall–Kier alpha value is -2.24. The van der Waals surface area contributed by atoms with Gasteiger partial charge in [0.1, 0.15) is 0 Å². The quantitative estimate of drug-likeness (QED) is 0.915. The molecule has 0 saturated carbocycles. The molecule has 0 amide bonds. The van der Waals surface area contributed by atoms with E-state index in [-0.39, 0.29) is 17.9 Å². The predicted octanol–water partition coefficient (Wildman–Crippen LogP) is 2.79. The van der Waals surface area contributed by atoms with E-state index in [1.807, 2.05) is 30.3 Å². The Morgan fingerprint density at radius 3 is 2.52 bits per heavy atom. The number of carboxylic acid groups (broad SMARTS) is 1. The zero-order valence-electron chi connectivity index (χ0n) is 12.5. The molecule has 0 radical (unpaired) electrons. The maximum atomic E-state index is 11.2. The van der Waals surface area contributed by atoms with Crippen LogP contribution in [0.1, 0.15) is 39.7 Å². The van der Waals surface area contributed by atoms with Crippen molar-refractivity contribution in [2.45, 2.75) is 39.7 Å². The summed E-state index contributed by atoms with van der Waals surface area (Å²) >= 11 is 0. The second kappa shape index (κ2) is 6.03. The van der Waals surface area contributed by atoms with Crippen molar-refractivity contribution in [3.8, 4) is 11.4 Å². The molecule has 1 unspecified atom stereocenters. The first kappa shape index (κ1) is 15.2. The van der Waals surface area contributed by atoms with Crippen LogP contribution in [0.15, 0.2) is 30.3 Å². The fraction of sp³-hybridized carbons (Fsp3) is 0.467. The first-order valence-electron chi connectivity index (χ1n) is 6.92. The van der Waals surface area contributed by atoms with Gasteiger partial charge in [-0.1, -0.05) is 51.1 Å². The fourth-order valence-corrected chi connectivity index (χ4v) is 2.37. The summed E-state index contributed by atoms with van der Waals surface area (Å²) in [6.45, 7) is 6.23. The summed E-state index contributed by atoms with van der Waals surface area (Å²) in [6, 6.07) is 9.29. The van der Waals surface area contributed by atoms with E-state index in [0.717, 1.165) is 5.56 Å². The lowest BCUT2D eigenvalue weighted by Gasteiger charge is -2.25. The van der Waals surface area contributed by atoms with Crippen molar-refractivity contribution in [1.82, 2.24) is 20.2 Å². The smallest absolute Gasteiger partial charge is 0.305 e. The maximum Gasteiger partial charge on any atom is 0.305 e. The highest BCUT2D eigenvalue weighted by molar-refractivity contribution is 5.67. The second-order valence-electron chi connectivity index (χ2n) is 6.33. The summed E-state index contributed by atoms with van der Waals surface area (Å²) in [5.41, 5.74) is 0.867. The topological polar surface area (TPSA) is 80.9 Å². The van der Waals surface area contributed by atoms with Crippen LogP contribution in [-0.2, 0) is 4.79 Å². The van der Waals surface area contributed by atoms with Crippen LogP contribution in [0, 0.1) is 5.41 Å². The maximum absolute atomic E-state index is 11.2. The van der Waals surface area contributed by atoms with Crippen molar-refractivity contribution in [2.24, 2.45) is 5.41 Å². The third-order valence-corrected chi connectivity index (χ3v) is 3.13. The van der Waals surface area contributed by atoms with Crippen LogP contribution in [0.2, 0.25) is 0 Å². The third kappa shape index (κ3) is 4.11. The zero-order valence-corrected chi connectivity index (χ0v) is 12.5. The number of rotatable bonds is 5. The number of hydrogen-bond donors (Lipinski definition) is 1. The van der Waals surface area contributed by atoms with Crippen LogP contribution < -0.4 is 0 Å². The molecule has 0 fully saturated rings. The summed E-state index contributed by atoms with van der Waals surface area (Å²) in [5.74, 6) is -0.245. The van der Waals surface area contributed by atoms with Crippen molar-refractivity contribution in [2.75, 3.05) is 0 Å². The number of tetrazole rings is 1. The van der Waals surface area contributed by atoms with Crippen molar-refractivity contribution in [1.29, 1.82) is 0 Å². The summed E-state index contributed by atoms with van der Waals surface area (Å²) in [5, 5.41) is 21.0. The largest absolute Gasteiger partial charge is 0.481 e. The van der Waals surface area contributed by atoms with E-state index in [1.54, 1.807) is 4.68 Å². The minimum Gasteiger partial charge on any atom is -0.481 e. The van der Waals surface area contributed by atoms with Crippen LogP contribution in [0.25, 0.3) is 11.4 Å². The molecule has 1 atom stereocenters. The van der Waals surface area contributed by atoms with Crippen LogP contribution >= 0.6 is 0 Å². The number of carboxylic acids is 1. The summed E-state index contributed by atoms with van der Waals surface area (Å²) in [4.78, 5) is 11.2. The number of carbonyl (C=O) groups is 1. The van der Waals surface area contributed by atoms with E-state index in [0.29, 0.717) is 12.2 Å². The molecule has 1 N–H and O–H groups in total. The summed E-state index contributed by atoms with van der Waals surface area (Å²) < 4.78 is 1.63. The Morgan fingerprint density at radius 2 is 1.95 bits per heavy atom. The molecule has 0 spiro atoms. The van der Waals surface area contributed by atoms with E-state index < -0.39 is 5.97 Å². The molecule has 0 aliphatic rings. The van der Waals surface area contributed by atoms with Gasteiger partial charge < -0.3 is 5.11 Å². The van der Waals surface area contributed by atoms with Crippen LogP contribution in [-0.4, -0.2) is 31.3 Å². The molecular formula is C15H20N4O2. The van der Waals surface area contributed by atoms with E-state index in [9.17, 15) is 4.79 Å². The molecular weight excluding hydrogens is 268 g/mol. The molecule has 0 aliphatic carbocycles. The van der Waals surface area contributed by atoms with Crippen LogP contribution in [0.3, 0.4) is 0 Å². The normalized spacial score (nSPS) is 13.1. The van der Waals surface area contributed by atoms with Crippen LogP contribution in [0.4, 0.5) is 0 Å². The van der Waals surface area contributed by atoms with Gasteiger partial charge in [-0.2, -0.15) is 0 Å². The van der Waals surface area contributed by atoms with Gasteiger partial charge in [-0.3, -0.25) is 4.79 Å². The molecule has 6 nitrogen and oxygen atoms in total. The first-order valence-corrected chi connectivity index (χ1v) is 6.92. The molecule has 1 heterocycles. The molecule has 1 aromatic heterocycles. The number of aromatic nitrogens is 4. The average molecular weight is 288 g/mol. The summed E-state index contributed by atoms with van der Waals surface area (Å²) in [7, 11) is 0. The van der Waals surface area contributed by atoms with Gasteiger partial charge in [-0.25, -0.2) is 4.68 Å². The Labute approximate surface area is 123 Å². The molecule has 6 heteroatoms. The zero-order chi connectivity index (χ0) is 15.5. The predicted molar refractivity (Wildman–Crippen MR) is 78.6 cm³/mol. The summed E-state index contributed by atoms with van der Waals surface area (Å²) in [6.07, 6.45) is 0.687. The first-order chi connectivity index (χ1) is 9.87. The van der Waals surface area contributed by atoms with Gasteiger partial charge in [-0.05, 0) is 22.3 Å². The molecule has 0 aliphatic heterocycles. The highest BCUT2D eigenvalue weighted by Gasteiger charge is 2.26. The van der Waals surface area contributed by atoms with Gasteiger partial charge in [-0.15, -0.1) is 5.10 Å². The third-order valence-electron chi connectivity index (χ3n) is 3.13. The Balaban J connectivity index is 2.37. The molecule has 0 bridgehead atoms. The van der Waals surface area contributed by atoms with Gasteiger partial charge in [0, 0.05) is 5.56 Å². The monoisotopic (exact) mass is 288 g/mol. The molecule has 1 aromatic carbocycles. The van der Waals surface area contributed by atoms with Gasteiger partial charge >= 0.3 is 5.97 Å². The van der Waals surface area contributed by atoms with E-state index >= 15 is 0 Å². The highest BCUT2D eigenvalue weighted by atomic mass is 16.4. The SMILES string of the molecule is CC(C)(C)CC(CC(=O)O)n1nnnc1-c1ccccc1. The van der Waals surface area contributed by atoms with Gasteiger partial charge in [0.05, 0.1) is 12.5 Å². The second-order valence-corrected chi connectivity index (χ2v) is 6.33. The average Bonchev–Trinajstić information content (AvgIpc) is 2.86. The van der Waals surface area contributed by atoms with E-state index in [1.165, 1.54) is 0 Å². The molecule has 2 rings (SSSR count). The Bertz CT molecular complexity index is 602. The van der Waals surface area contributed by atoms with Gasteiger partial charge in [0.2, 0.25) is 0 Å². The fourth-order valence-electron chi connectivity index (χ4n) is 2.37. The van der Waals surface area contributed by atoms with Gasteiger partial charge in [0.15, 0.2) is 5.82 Å². The lowest BCUT2D eigenvalue weighted by molar-refractivity contribution is -0.138. The minimum atomic E-state index is -0.848. The van der Waals surface area contributed by atoms with Crippen molar-refractivity contribution >= 4 is 5.97 Å². The van der Waals surface area contributed by atoms with Crippen molar-refractivity contribution in [3.05, 3.63) is 30.3 Å². The van der Waals surface area contributed by atoms with Gasteiger partial charge in [0.25, 0.3) is 0 Å². The van der Waals surface area contributed by atoms with Crippen molar-refractivity contribution in [3.63, 3.8) is 0 Å².